The molecule has 0 aliphatic heterocycles. The third-order valence-electron chi connectivity index (χ3n) is 5.50. The number of amides is 2. The lowest BCUT2D eigenvalue weighted by atomic mass is 9.92. The van der Waals surface area contributed by atoms with Gasteiger partial charge in [0.15, 0.2) is 0 Å². The van der Waals surface area contributed by atoms with E-state index >= 15 is 0 Å². The quantitative estimate of drug-likeness (QED) is 0.237. The van der Waals surface area contributed by atoms with Crippen molar-refractivity contribution in [1.82, 2.24) is 14.8 Å². The number of nitrogens with one attached hydrogen (secondary N) is 2. The molecule has 0 unspecified atom stereocenters. The van der Waals surface area contributed by atoms with E-state index in [0.29, 0.717) is 42.8 Å². The maximum absolute atomic E-state index is 12.9. The molecule has 0 atom stereocenters. The van der Waals surface area contributed by atoms with Crippen LogP contribution in [0.2, 0.25) is 0 Å². The third-order valence-corrected chi connectivity index (χ3v) is 5.50. The molecule has 9 heteroatoms. The number of aromatic nitrogens is 3. The van der Waals surface area contributed by atoms with Gasteiger partial charge in [0.1, 0.15) is 29.7 Å². The van der Waals surface area contributed by atoms with E-state index in [-0.39, 0.29) is 11.4 Å². The second-order valence-electron chi connectivity index (χ2n) is 9.50. The number of anilines is 2. The lowest BCUT2D eigenvalue weighted by Gasteiger charge is -2.14. The van der Waals surface area contributed by atoms with Gasteiger partial charge >= 0.3 is 6.03 Å². The molecular formula is C29H33N5O4. The summed E-state index contributed by atoms with van der Waals surface area (Å²) in [6.45, 7) is 9.86. The zero-order chi connectivity index (χ0) is 27.0. The van der Waals surface area contributed by atoms with Gasteiger partial charge in [-0.25, -0.2) is 9.48 Å². The number of rotatable bonds is 10. The van der Waals surface area contributed by atoms with E-state index in [9.17, 15) is 4.79 Å². The van der Waals surface area contributed by atoms with Crippen molar-refractivity contribution in [3.63, 3.8) is 0 Å². The van der Waals surface area contributed by atoms with Crippen LogP contribution in [0.15, 0.2) is 79.1 Å². The van der Waals surface area contributed by atoms with Gasteiger partial charge < -0.3 is 19.5 Å². The summed E-state index contributed by atoms with van der Waals surface area (Å²) in [6.07, 6.45) is 3.33. The minimum atomic E-state index is -0.384. The van der Waals surface area contributed by atoms with E-state index in [4.69, 9.17) is 19.3 Å². The minimum absolute atomic E-state index is 0.203. The maximum atomic E-state index is 12.9. The monoisotopic (exact) mass is 515 g/mol. The van der Waals surface area contributed by atoms with Crippen LogP contribution in [0.3, 0.4) is 0 Å². The van der Waals surface area contributed by atoms with Crippen LogP contribution >= 0.6 is 0 Å². The standard InChI is InChI=1S/C29H33N5O4/c1-5-36-18-19-37-23-12-8-22(9-13-23)34-27(20-26(33-34)29(2,3)4)32-28(35)31-21-6-10-24(11-7-21)38-25-14-16-30-17-15-25/h6-17,20H,5,18-19H2,1-4H3,(H2,31,32,35). The number of benzene rings is 2. The molecule has 0 spiro atoms. The van der Waals surface area contributed by atoms with Crippen LogP contribution in [0.5, 0.6) is 17.2 Å². The average Bonchev–Trinajstić information content (AvgIpc) is 3.33. The average molecular weight is 516 g/mol. The van der Waals surface area contributed by atoms with E-state index in [2.05, 4.69) is 36.4 Å². The Labute approximate surface area is 222 Å². The number of carbonyl (C=O) groups excluding carboxylic acids is 1. The van der Waals surface area contributed by atoms with E-state index in [1.165, 1.54) is 0 Å². The Morgan fingerprint density at radius 1 is 0.868 bits per heavy atom. The van der Waals surface area contributed by atoms with Gasteiger partial charge in [-0.05, 0) is 67.6 Å². The number of nitrogens with zero attached hydrogens (tertiary/aromatic N) is 3. The van der Waals surface area contributed by atoms with Gasteiger partial charge in [0.2, 0.25) is 0 Å². The highest BCUT2D eigenvalue weighted by Gasteiger charge is 2.21. The molecule has 2 aromatic carbocycles. The third kappa shape index (κ3) is 7.33. The van der Waals surface area contributed by atoms with E-state index in [1.807, 2.05) is 37.3 Å². The molecule has 38 heavy (non-hydrogen) atoms. The number of carbonyl (C=O) groups is 1. The van der Waals surface area contributed by atoms with Crippen LogP contribution in [-0.4, -0.2) is 40.6 Å². The van der Waals surface area contributed by atoms with Crippen LogP contribution in [0.1, 0.15) is 33.4 Å². The molecule has 0 radical (unpaired) electrons. The molecule has 2 aromatic heterocycles. The molecule has 4 aromatic rings. The molecule has 0 fully saturated rings. The lowest BCUT2D eigenvalue weighted by Crippen LogP contribution is -2.21. The summed E-state index contributed by atoms with van der Waals surface area (Å²) >= 11 is 0. The highest BCUT2D eigenvalue weighted by Crippen LogP contribution is 2.28. The second kappa shape index (κ2) is 12.2. The topological polar surface area (TPSA) is 99.5 Å². The summed E-state index contributed by atoms with van der Waals surface area (Å²) in [5, 5.41) is 10.6. The Balaban J connectivity index is 1.44. The molecule has 0 saturated heterocycles. The SMILES string of the molecule is CCOCCOc1ccc(-n2nc(C(C)(C)C)cc2NC(=O)Nc2ccc(Oc3ccncc3)cc2)cc1. The Bertz CT molecular complexity index is 1310. The molecule has 0 aliphatic carbocycles. The van der Waals surface area contributed by atoms with Gasteiger partial charge in [0, 0.05) is 36.2 Å². The molecule has 4 rings (SSSR count). The summed E-state index contributed by atoms with van der Waals surface area (Å²) in [6, 6.07) is 19.7. The second-order valence-corrected chi connectivity index (χ2v) is 9.50. The Morgan fingerprint density at radius 3 is 2.18 bits per heavy atom. The van der Waals surface area contributed by atoms with Crippen LogP contribution in [0.4, 0.5) is 16.3 Å². The number of ether oxygens (including phenoxy) is 3. The lowest BCUT2D eigenvalue weighted by molar-refractivity contribution is 0.110. The van der Waals surface area contributed by atoms with Crippen molar-refractivity contribution < 1.29 is 19.0 Å². The Kier molecular flexibility index (Phi) is 8.60. The van der Waals surface area contributed by atoms with Crippen LogP contribution in [0.25, 0.3) is 5.69 Å². The Morgan fingerprint density at radius 2 is 1.53 bits per heavy atom. The van der Waals surface area contributed by atoms with Crippen molar-refractivity contribution in [2.45, 2.75) is 33.1 Å². The summed E-state index contributed by atoms with van der Waals surface area (Å²) < 4.78 is 18.5. The van der Waals surface area contributed by atoms with Gasteiger partial charge in [-0.15, -0.1) is 0 Å². The van der Waals surface area contributed by atoms with E-state index in [0.717, 1.165) is 17.1 Å². The summed E-state index contributed by atoms with van der Waals surface area (Å²) in [5.74, 6) is 2.63. The normalized spacial score (nSPS) is 11.2. The van der Waals surface area contributed by atoms with Crippen molar-refractivity contribution in [1.29, 1.82) is 0 Å². The predicted molar refractivity (Wildman–Crippen MR) is 148 cm³/mol. The van der Waals surface area contributed by atoms with Gasteiger partial charge in [-0.2, -0.15) is 5.10 Å². The summed E-state index contributed by atoms with van der Waals surface area (Å²) in [5.41, 5.74) is 2.07. The molecule has 2 N–H and O–H groups in total. The highest BCUT2D eigenvalue weighted by atomic mass is 16.5. The fraction of sp³-hybridized carbons (Fsp3) is 0.276. The molecule has 2 amide bonds. The Hall–Kier alpha value is -4.37. The molecule has 0 saturated carbocycles. The first-order valence-electron chi connectivity index (χ1n) is 12.5. The van der Waals surface area contributed by atoms with Crippen LogP contribution < -0.4 is 20.1 Å². The first kappa shape index (κ1) is 26.7. The molecule has 9 nitrogen and oxygen atoms in total. The maximum Gasteiger partial charge on any atom is 0.324 e. The number of hydrogen-bond acceptors (Lipinski definition) is 6. The molecule has 0 bridgehead atoms. The predicted octanol–water partition coefficient (Wildman–Crippen LogP) is 6.42. The van der Waals surface area contributed by atoms with Crippen LogP contribution in [0, 0.1) is 0 Å². The number of urea groups is 1. The fourth-order valence-corrected chi connectivity index (χ4v) is 3.51. The van der Waals surface area contributed by atoms with E-state index in [1.54, 1.807) is 53.5 Å². The molecule has 198 valence electrons. The van der Waals surface area contributed by atoms with Gasteiger partial charge in [-0.3, -0.25) is 10.3 Å². The van der Waals surface area contributed by atoms with Crippen molar-refractivity contribution in [2.24, 2.45) is 0 Å². The smallest absolute Gasteiger partial charge is 0.324 e. The first-order valence-corrected chi connectivity index (χ1v) is 12.5. The van der Waals surface area contributed by atoms with Gasteiger partial charge in [0.05, 0.1) is 18.0 Å². The summed E-state index contributed by atoms with van der Waals surface area (Å²) in [4.78, 5) is 16.9. The molecular weight excluding hydrogens is 482 g/mol. The fourth-order valence-electron chi connectivity index (χ4n) is 3.51. The molecule has 2 heterocycles. The number of pyridine rings is 1. The highest BCUT2D eigenvalue weighted by molar-refractivity contribution is 5.99. The zero-order valence-electron chi connectivity index (χ0n) is 22.1. The van der Waals surface area contributed by atoms with E-state index < -0.39 is 0 Å². The van der Waals surface area contributed by atoms with Crippen molar-refractivity contribution >= 4 is 17.5 Å². The summed E-state index contributed by atoms with van der Waals surface area (Å²) in [7, 11) is 0. The minimum Gasteiger partial charge on any atom is -0.491 e. The first-order chi connectivity index (χ1) is 18.3. The molecule has 0 aliphatic rings. The zero-order valence-corrected chi connectivity index (χ0v) is 22.1. The number of hydrogen-bond donors (Lipinski definition) is 2. The van der Waals surface area contributed by atoms with Crippen molar-refractivity contribution in [2.75, 3.05) is 30.5 Å². The van der Waals surface area contributed by atoms with Crippen molar-refractivity contribution in [3.05, 3.63) is 84.8 Å². The largest absolute Gasteiger partial charge is 0.491 e. The van der Waals surface area contributed by atoms with Gasteiger partial charge in [0.25, 0.3) is 0 Å². The van der Waals surface area contributed by atoms with Gasteiger partial charge in [-0.1, -0.05) is 20.8 Å². The van der Waals surface area contributed by atoms with Crippen LogP contribution in [-0.2, 0) is 10.2 Å². The van der Waals surface area contributed by atoms with Crippen molar-refractivity contribution in [3.8, 4) is 22.9 Å².